The molecular weight excluding hydrogens is 320 g/mol. The predicted molar refractivity (Wildman–Crippen MR) is 81.2 cm³/mol. The lowest BCUT2D eigenvalue weighted by atomic mass is 9.97. The van der Waals surface area contributed by atoms with Gasteiger partial charge in [0.15, 0.2) is 0 Å². The van der Waals surface area contributed by atoms with Gasteiger partial charge in [0.1, 0.15) is 0 Å². The zero-order valence-electron chi connectivity index (χ0n) is 10.3. The van der Waals surface area contributed by atoms with Crippen LogP contribution in [0.4, 0.5) is 4.79 Å². The van der Waals surface area contributed by atoms with E-state index >= 15 is 0 Å². The van der Waals surface area contributed by atoms with Gasteiger partial charge < -0.3 is 4.74 Å². The van der Waals surface area contributed by atoms with Crippen LogP contribution in [0, 0.1) is 0 Å². The Morgan fingerprint density at radius 2 is 1.35 bits per heavy atom. The third kappa shape index (κ3) is 2.18. The summed E-state index contributed by atoms with van der Waals surface area (Å²) in [5.41, 5.74) is 0.409. The molecule has 3 nitrogen and oxygen atoms in total. The Bertz CT molecular complexity index is 785. The molecule has 20 heavy (non-hydrogen) atoms. The van der Waals surface area contributed by atoms with E-state index in [4.69, 9.17) is 4.74 Å². The van der Waals surface area contributed by atoms with E-state index in [-0.39, 0.29) is 0 Å². The van der Waals surface area contributed by atoms with E-state index in [2.05, 4.69) is 15.9 Å². The molecule has 0 unspecified atom stereocenters. The topological polar surface area (TPSA) is 43.4 Å². The van der Waals surface area contributed by atoms with Gasteiger partial charge >= 0.3 is 10.8 Å². The highest BCUT2D eigenvalue weighted by Crippen LogP contribution is 2.29. The van der Waals surface area contributed by atoms with Crippen molar-refractivity contribution in [3.05, 3.63) is 60.2 Å². The highest BCUT2D eigenvalue weighted by atomic mass is 79.9. The quantitative estimate of drug-likeness (QED) is 0.282. The first kappa shape index (κ1) is 12.8. The van der Waals surface area contributed by atoms with Crippen molar-refractivity contribution in [2.45, 2.75) is 0 Å². The highest BCUT2D eigenvalue weighted by Gasteiger charge is 2.17. The molecule has 0 amide bonds. The van der Waals surface area contributed by atoms with Crippen molar-refractivity contribution in [1.29, 1.82) is 0 Å². The maximum atomic E-state index is 12.2. The average molecular weight is 329 g/mol. The third-order valence-electron chi connectivity index (χ3n) is 3.15. The monoisotopic (exact) mass is 328 g/mol. The van der Waals surface area contributed by atoms with Crippen molar-refractivity contribution in [1.82, 2.24) is 0 Å². The first-order valence-corrected chi connectivity index (χ1v) is 6.78. The minimum atomic E-state index is -0.792. The molecule has 3 aromatic carbocycles. The van der Waals surface area contributed by atoms with Crippen LogP contribution in [0.1, 0.15) is 10.4 Å². The number of benzene rings is 3. The second kappa shape index (κ2) is 5.06. The van der Waals surface area contributed by atoms with Gasteiger partial charge in [-0.3, -0.25) is 0 Å². The molecule has 0 radical (unpaired) electrons. The molecule has 0 aromatic heterocycles. The van der Waals surface area contributed by atoms with Crippen molar-refractivity contribution in [2.24, 2.45) is 0 Å². The van der Waals surface area contributed by atoms with Crippen LogP contribution in [0.15, 0.2) is 54.6 Å². The molecule has 0 heterocycles. The number of hydrogen-bond donors (Lipinski definition) is 0. The summed E-state index contributed by atoms with van der Waals surface area (Å²) < 4.78 is 4.69. The molecule has 0 saturated heterocycles. The van der Waals surface area contributed by atoms with Gasteiger partial charge in [0.2, 0.25) is 0 Å². The number of carbonyl (C=O) groups is 2. The van der Waals surface area contributed by atoms with Gasteiger partial charge in [-0.1, -0.05) is 48.5 Å². The number of hydrogen-bond acceptors (Lipinski definition) is 3. The number of rotatable bonds is 1. The van der Waals surface area contributed by atoms with Crippen molar-refractivity contribution in [3.63, 3.8) is 0 Å². The van der Waals surface area contributed by atoms with Crippen LogP contribution in [0.5, 0.6) is 0 Å². The SMILES string of the molecule is O=C(Br)OC(=O)c1c2ccccc2cc2ccccc12. The van der Waals surface area contributed by atoms with Crippen LogP contribution in [0.3, 0.4) is 0 Å². The smallest absolute Gasteiger partial charge is 0.381 e. The number of ether oxygens (including phenoxy) is 1. The summed E-state index contributed by atoms with van der Waals surface area (Å²) in [7, 11) is 0. The highest BCUT2D eigenvalue weighted by molar-refractivity contribution is 9.18. The van der Waals surface area contributed by atoms with E-state index < -0.39 is 10.8 Å². The standard InChI is InChI=1S/C16H9BrO3/c17-16(19)20-15(18)14-12-7-3-1-5-10(12)9-11-6-2-4-8-13(11)14/h1-9H. The molecule has 4 heteroatoms. The molecule has 0 atom stereocenters. The van der Waals surface area contributed by atoms with Gasteiger partial charge in [-0.15, -0.1) is 0 Å². The van der Waals surface area contributed by atoms with Gasteiger partial charge in [-0.2, -0.15) is 0 Å². The van der Waals surface area contributed by atoms with Gasteiger partial charge in [-0.05, 0) is 27.6 Å². The minimum absolute atomic E-state index is 0.409. The normalized spacial score (nSPS) is 10.7. The second-order valence-electron chi connectivity index (χ2n) is 4.32. The van der Waals surface area contributed by atoms with Crippen molar-refractivity contribution in [2.75, 3.05) is 0 Å². The summed E-state index contributed by atoms with van der Waals surface area (Å²) in [6, 6.07) is 17.1. The zero-order chi connectivity index (χ0) is 14.1. The van der Waals surface area contributed by atoms with Crippen LogP contribution in [-0.2, 0) is 4.74 Å². The van der Waals surface area contributed by atoms with Gasteiger partial charge in [0.05, 0.1) is 5.56 Å². The maximum absolute atomic E-state index is 12.2. The first-order chi connectivity index (χ1) is 9.66. The minimum Gasteiger partial charge on any atom is -0.381 e. The fraction of sp³-hybridized carbons (Fsp3) is 0. The fourth-order valence-corrected chi connectivity index (χ4v) is 2.50. The Morgan fingerprint density at radius 3 is 1.85 bits per heavy atom. The zero-order valence-corrected chi connectivity index (χ0v) is 11.9. The molecule has 0 aliphatic rings. The lowest BCUT2D eigenvalue weighted by Gasteiger charge is -2.09. The van der Waals surface area contributed by atoms with Gasteiger partial charge in [0.25, 0.3) is 0 Å². The van der Waals surface area contributed by atoms with Crippen LogP contribution in [0.25, 0.3) is 21.5 Å². The van der Waals surface area contributed by atoms with Crippen molar-refractivity contribution >= 4 is 48.3 Å². The molecule has 0 aliphatic heterocycles. The molecule has 3 aromatic rings. The second-order valence-corrected chi connectivity index (χ2v) is 4.97. The molecule has 0 N–H and O–H groups in total. The van der Waals surface area contributed by atoms with Crippen molar-refractivity contribution in [3.8, 4) is 0 Å². The van der Waals surface area contributed by atoms with E-state index in [1.54, 1.807) is 0 Å². The maximum Gasteiger partial charge on any atom is 0.382 e. The Labute approximate surface area is 123 Å². The van der Waals surface area contributed by atoms with E-state index in [1.807, 2.05) is 54.6 Å². The molecule has 3 rings (SSSR count). The Kier molecular flexibility index (Phi) is 3.24. The van der Waals surface area contributed by atoms with E-state index in [1.165, 1.54) is 0 Å². The largest absolute Gasteiger partial charge is 0.382 e. The molecule has 0 bridgehead atoms. The summed E-state index contributed by atoms with van der Waals surface area (Å²) in [4.78, 5) is 22.4. The number of halogens is 1. The Morgan fingerprint density at radius 1 is 0.850 bits per heavy atom. The molecular formula is C16H9BrO3. The molecule has 98 valence electrons. The van der Waals surface area contributed by atoms with Gasteiger partial charge in [-0.25, -0.2) is 9.59 Å². The Hall–Kier alpha value is -2.20. The lowest BCUT2D eigenvalue weighted by Crippen LogP contribution is -2.08. The molecule has 0 fully saturated rings. The summed E-state index contributed by atoms with van der Waals surface area (Å²) in [6.07, 6.45) is 0. The van der Waals surface area contributed by atoms with Crippen molar-refractivity contribution < 1.29 is 14.3 Å². The van der Waals surface area contributed by atoms with Crippen LogP contribution in [-0.4, -0.2) is 10.8 Å². The van der Waals surface area contributed by atoms with E-state index in [0.29, 0.717) is 5.56 Å². The summed E-state index contributed by atoms with van der Waals surface area (Å²) in [6.45, 7) is 0. The van der Waals surface area contributed by atoms with E-state index in [9.17, 15) is 9.59 Å². The van der Waals surface area contributed by atoms with E-state index in [0.717, 1.165) is 21.5 Å². The van der Waals surface area contributed by atoms with Crippen LogP contribution < -0.4 is 0 Å². The molecule has 0 saturated carbocycles. The first-order valence-electron chi connectivity index (χ1n) is 5.99. The Balaban J connectivity index is 2.39. The van der Waals surface area contributed by atoms with Crippen LogP contribution >= 0.6 is 15.9 Å². The van der Waals surface area contributed by atoms with Crippen LogP contribution in [0.2, 0.25) is 0 Å². The summed E-state index contributed by atoms with van der Waals surface area (Å²) in [5, 5.41) is 3.40. The number of fused-ring (bicyclic) bond motifs is 2. The number of esters is 1. The number of carbonyl (C=O) groups excluding carboxylic acids is 2. The summed E-state index contributed by atoms with van der Waals surface area (Å²) in [5.74, 6) is -0.653. The van der Waals surface area contributed by atoms with Gasteiger partial charge in [0, 0.05) is 15.9 Å². The molecule has 0 aliphatic carbocycles. The lowest BCUT2D eigenvalue weighted by molar-refractivity contribution is 0.0670. The third-order valence-corrected chi connectivity index (χ3v) is 3.31. The predicted octanol–water partition coefficient (Wildman–Crippen LogP) is 4.66. The summed E-state index contributed by atoms with van der Waals surface area (Å²) >= 11 is 2.62. The molecule has 0 spiro atoms. The average Bonchev–Trinajstić information content (AvgIpc) is 2.43. The fourth-order valence-electron chi connectivity index (χ4n) is 2.36.